The summed E-state index contributed by atoms with van der Waals surface area (Å²) in [7, 11) is 1.44. The van der Waals surface area contributed by atoms with Gasteiger partial charge in [-0.2, -0.15) is 0 Å². The van der Waals surface area contributed by atoms with Crippen LogP contribution in [0.3, 0.4) is 0 Å². The minimum atomic E-state index is -0.363. The van der Waals surface area contributed by atoms with Gasteiger partial charge in [0.1, 0.15) is 0 Å². The Bertz CT molecular complexity index is 381. The quantitative estimate of drug-likeness (QED) is 0.857. The summed E-state index contributed by atoms with van der Waals surface area (Å²) in [6.45, 7) is 6.00. The maximum absolute atomic E-state index is 13.4. The Labute approximate surface area is 100 Å². The van der Waals surface area contributed by atoms with Gasteiger partial charge < -0.3 is 10.1 Å². The number of nitrogens with one attached hydrogen (secondary N) is 1. The number of rotatable bonds is 5. The fourth-order valence-corrected chi connectivity index (χ4v) is 1.41. The Morgan fingerprint density at radius 1 is 1.62 bits per heavy atom. The third-order valence-electron chi connectivity index (χ3n) is 2.28. The molecule has 1 N–H and O–H groups in total. The first-order chi connectivity index (χ1) is 7.54. The van der Waals surface area contributed by atoms with E-state index in [4.69, 9.17) is 16.3 Å². The highest BCUT2D eigenvalue weighted by atomic mass is 35.5. The molecule has 1 atom stereocenters. The van der Waals surface area contributed by atoms with E-state index in [0.717, 1.165) is 5.56 Å². The van der Waals surface area contributed by atoms with Crippen molar-refractivity contribution in [2.45, 2.75) is 13.0 Å². The molecular weight excluding hydrogens is 229 g/mol. The van der Waals surface area contributed by atoms with Gasteiger partial charge in [0.2, 0.25) is 0 Å². The monoisotopic (exact) mass is 243 g/mol. The zero-order valence-electron chi connectivity index (χ0n) is 9.39. The van der Waals surface area contributed by atoms with Crippen molar-refractivity contribution in [1.82, 2.24) is 5.32 Å². The lowest BCUT2D eigenvalue weighted by atomic mass is 10.1. The first-order valence-electron chi connectivity index (χ1n) is 4.94. The molecule has 0 aliphatic carbocycles. The summed E-state index contributed by atoms with van der Waals surface area (Å²) in [5, 5.41) is 3.65. The summed E-state index contributed by atoms with van der Waals surface area (Å²) in [6.07, 6.45) is 0. The van der Waals surface area contributed by atoms with Crippen LogP contribution < -0.4 is 10.1 Å². The number of hydrogen-bond acceptors (Lipinski definition) is 2. The highest BCUT2D eigenvalue weighted by Crippen LogP contribution is 2.21. The molecule has 0 aliphatic heterocycles. The second-order valence-corrected chi connectivity index (χ2v) is 4.05. The summed E-state index contributed by atoms with van der Waals surface area (Å²) in [6, 6.07) is 4.89. The zero-order valence-corrected chi connectivity index (χ0v) is 10.1. The second-order valence-electron chi connectivity index (χ2n) is 3.51. The summed E-state index contributed by atoms with van der Waals surface area (Å²) < 4.78 is 18.3. The predicted octanol–water partition coefficient (Wildman–Crippen LogP) is 3.24. The minimum absolute atomic E-state index is 0.0101. The topological polar surface area (TPSA) is 21.3 Å². The largest absolute Gasteiger partial charge is 0.494 e. The molecule has 0 saturated carbocycles. The molecule has 0 heterocycles. The van der Waals surface area contributed by atoms with E-state index in [1.807, 2.05) is 13.0 Å². The maximum atomic E-state index is 13.4. The molecule has 2 nitrogen and oxygen atoms in total. The summed E-state index contributed by atoms with van der Waals surface area (Å²) in [5.41, 5.74) is 0.844. The number of benzene rings is 1. The molecule has 1 aromatic carbocycles. The van der Waals surface area contributed by atoms with Crippen LogP contribution in [0, 0.1) is 5.82 Å². The van der Waals surface area contributed by atoms with Crippen molar-refractivity contribution in [2.24, 2.45) is 0 Å². The molecule has 1 aromatic rings. The van der Waals surface area contributed by atoms with E-state index in [9.17, 15) is 4.39 Å². The van der Waals surface area contributed by atoms with Gasteiger partial charge in [0.05, 0.1) is 7.11 Å². The number of ether oxygens (including phenoxy) is 1. The lowest BCUT2D eigenvalue weighted by molar-refractivity contribution is 0.385. The average molecular weight is 244 g/mol. The molecule has 0 spiro atoms. The molecule has 88 valence electrons. The highest BCUT2D eigenvalue weighted by Gasteiger charge is 2.08. The van der Waals surface area contributed by atoms with Gasteiger partial charge in [-0.1, -0.05) is 24.2 Å². The Morgan fingerprint density at radius 2 is 2.31 bits per heavy atom. The molecule has 0 aliphatic rings. The molecule has 16 heavy (non-hydrogen) atoms. The van der Waals surface area contributed by atoms with Crippen LogP contribution in [0.5, 0.6) is 5.75 Å². The number of hydrogen-bond donors (Lipinski definition) is 1. The first-order valence-corrected chi connectivity index (χ1v) is 5.32. The van der Waals surface area contributed by atoms with E-state index in [1.54, 1.807) is 6.07 Å². The van der Waals surface area contributed by atoms with E-state index < -0.39 is 0 Å². The van der Waals surface area contributed by atoms with Crippen LogP contribution >= 0.6 is 11.6 Å². The zero-order chi connectivity index (χ0) is 12.1. The molecule has 0 bridgehead atoms. The van der Waals surface area contributed by atoms with Crippen molar-refractivity contribution in [3.8, 4) is 5.75 Å². The third kappa shape index (κ3) is 3.51. The first kappa shape index (κ1) is 13.0. The molecule has 0 fully saturated rings. The molecule has 0 amide bonds. The number of methoxy groups -OCH3 is 1. The molecular formula is C12H15ClFNO. The summed E-state index contributed by atoms with van der Waals surface area (Å²) in [5.74, 6) is -0.115. The lowest BCUT2D eigenvalue weighted by Crippen LogP contribution is -2.19. The van der Waals surface area contributed by atoms with Crippen molar-refractivity contribution < 1.29 is 9.13 Å². The van der Waals surface area contributed by atoms with E-state index in [2.05, 4.69) is 11.9 Å². The van der Waals surface area contributed by atoms with Crippen LogP contribution in [0.1, 0.15) is 18.5 Å². The molecule has 0 saturated heterocycles. The Morgan fingerprint density at radius 3 is 2.81 bits per heavy atom. The summed E-state index contributed by atoms with van der Waals surface area (Å²) in [4.78, 5) is 0. The van der Waals surface area contributed by atoms with Gasteiger partial charge in [-0.05, 0) is 24.6 Å². The fraction of sp³-hybridized carbons (Fsp3) is 0.333. The van der Waals surface area contributed by atoms with Crippen molar-refractivity contribution in [2.75, 3.05) is 13.7 Å². The van der Waals surface area contributed by atoms with Gasteiger partial charge in [-0.25, -0.2) is 4.39 Å². The summed E-state index contributed by atoms with van der Waals surface area (Å²) >= 11 is 5.64. The van der Waals surface area contributed by atoms with Crippen LogP contribution in [-0.2, 0) is 0 Å². The fourth-order valence-electron chi connectivity index (χ4n) is 1.33. The molecule has 0 radical (unpaired) electrons. The van der Waals surface area contributed by atoms with Crippen LogP contribution in [0.15, 0.2) is 29.8 Å². The van der Waals surface area contributed by atoms with E-state index in [0.29, 0.717) is 11.6 Å². The molecule has 0 aromatic heterocycles. The van der Waals surface area contributed by atoms with E-state index >= 15 is 0 Å². The van der Waals surface area contributed by atoms with E-state index in [1.165, 1.54) is 13.2 Å². The van der Waals surface area contributed by atoms with Crippen molar-refractivity contribution >= 4 is 11.6 Å². The van der Waals surface area contributed by atoms with Crippen molar-refractivity contribution in [3.63, 3.8) is 0 Å². The van der Waals surface area contributed by atoms with Gasteiger partial charge in [-0.15, -0.1) is 0 Å². The van der Waals surface area contributed by atoms with Gasteiger partial charge in [0.25, 0.3) is 0 Å². The van der Waals surface area contributed by atoms with Gasteiger partial charge in [0.15, 0.2) is 11.6 Å². The average Bonchev–Trinajstić information content (AvgIpc) is 2.25. The van der Waals surface area contributed by atoms with Crippen LogP contribution in [0.4, 0.5) is 4.39 Å². The Kier molecular flexibility index (Phi) is 4.77. The standard InChI is InChI=1S/C12H15ClFNO/c1-8(13)7-15-9(2)10-4-5-12(16-3)11(14)6-10/h4-6,9,15H,1,7H2,2-3H3. The SMILES string of the molecule is C=C(Cl)CNC(C)c1ccc(OC)c(F)c1. The number of halogens is 2. The van der Waals surface area contributed by atoms with E-state index in [-0.39, 0.29) is 17.6 Å². The Hall–Kier alpha value is -1.06. The smallest absolute Gasteiger partial charge is 0.165 e. The Balaban J connectivity index is 2.72. The minimum Gasteiger partial charge on any atom is -0.494 e. The molecule has 4 heteroatoms. The third-order valence-corrected chi connectivity index (χ3v) is 2.41. The van der Waals surface area contributed by atoms with Crippen LogP contribution in [-0.4, -0.2) is 13.7 Å². The van der Waals surface area contributed by atoms with Crippen molar-refractivity contribution in [1.29, 1.82) is 0 Å². The van der Waals surface area contributed by atoms with Gasteiger partial charge >= 0.3 is 0 Å². The van der Waals surface area contributed by atoms with Crippen LogP contribution in [0.25, 0.3) is 0 Å². The normalized spacial score (nSPS) is 12.2. The second kappa shape index (κ2) is 5.87. The molecule has 1 unspecified atom stereocenters. The molecule has 1 rings (SSSR count). The highest BCUT2D eigenvalue weighted by molar-refractivity contribution is 6.29. The van der Waals surface area contributed by atoms with Gasteiger partial charge in [0, 0.05) is 17.6 Å². The van der Waals surface area contributed by atoms with Gasteiger partial charge in [-0.3, -0.25) is 0 Å². The van der Waals surface area contributed by atoms with Crippen LogP contribution in [0.2, 0.25) is 0 Å². The predicted molar refractivity (Wildman–Crippen MR) is 64.4 cm³/mol. The maximum Gasteiger partial charge on any atom is 0.165 e. The van der Waals surface area contributed by atoms with Crippen molar-refractivity contribution in [3.05, 3.63) is 41.2 Å². The lowest BCUT2D eigenvalue weighted by Gasteiger charge is -2.14.